The molecule has 188 valence electrons. The number of benzene rings is 1. The molecule has 0 fully saturated rings. The van der Waals surface area contributed by atoms with Crippen LogP contribution in [-0.4, -0.2) is 43.7 Å². The van der Waals surface area contributed by atoms with Gasteiger partial charge >= 0.3 is 12.4 Å². The van der Waals surface area contributed by atoms with Crippen molar-refractivity contribution in [3.63, 3.8) is 0 Å². The molecule has 15 heteroatoms. The predicted octanol–water partition coefficient (Wildman–Crippen LogP) is 4.79. The lowest BCUT2D eigenvalue weighted by Gasteiger charge is -2.31. The first kappa shape index (κ1) is 27.5. The quantitative estimate of drug-likeness (QED) is 0.257. The minimum Gasteiger partial charge on any atom is -0.286 e. The molecule has 1 aromatic carbocycles. The average Bonchev–Trinajstić information content (AvgIpc) is 2.98. The number of unbranched alkanes of at least 4 members (excludes halogenated alkanes) is 2. The van der Waals surface area contributed by atoms with Crippen LogP contribution in [0, 0.1) is 0 Å². The van der Waals surface area contributed by atoms with Gasteiger partial charge in [-0.1, -0.05) is 12.8 Å². The smallest absolute Gasteiger partial charge is 0.286 e. The highest BCUT2D eigenvalue weighted by Gasteiger charge is 2.47. The Hall–Kier alpha value is -1.71. The summed E-state index contributed by atoms with van der Waals surface area (Å²) in [4.78, 5) is 3.80. The fourth-order valence-electron chi connectivity index (χ4n) is 3.85. The second kappa shape index (κ2) is 9.50. The van der Waals surface area contributed by atoms with E-state index in [2.05, 4.69) is 4.99 Å². The Morgan fingerprint density at radius 3 is 1.67 bits per heavy atom. The summed E-state index contributed by atoms with van der Waals surface area (Å²) in [5, 5.41) is 0. The summed E-state index contributed by atoms with van der Waals surface area (Å²) in [7, 11) is -8.65. The minimum atomic E-state index is -5.16. The van der Waals surface area contributed by atoms with Crippen molar-refractivity contribution >= 4 is 32.1 Å². The van der Waals surface area contributed by atoms with Crippen molar-refractivity contribution in [3.05, 3.63) is 28.8 Å². The third kappa shape index (κ3) is 7.65. The lowest BCUT2D eigenvalue weighted by Crippen LogP contribution is -2.30. The van der Waals surface area contributed by atoms with Gasteiger partial charge < -0.3 is 0 Å². The molecule has 0 saturated heterocycles. The van der Waals surface area contributed by atoms with Crippen LogP contribution < -0.4 is 0 Å². The van der Waals surface area contributed by atoms with E-state index in [1.165, 1.54) is 0 Å². The summed E-state index contributed by atoms with van der Waals surface area (Å²) in [6.45, 7) is 0. The molecular formula is C18H21F6NO6S2. The van der Waals surface area contributed by atoms with E-state index in [4.69, 9.17) is 9.11 Å². The molecule has 0 aliphatic carbocycles. The maximum absolute atomic E-state index is 13.8. The summed E-state index contributed by atoms with van der Waals surface area (Å²) < 4.78 is 142. The number of nitrogens with zero attached hydrogens (tertiary/aromatic N) is 1. The van der Waals surface area contributed by atoms with Gasteiger partial charge in [-0.05, 0) is 37.8 Å². The highest BCUT2D eigenvalue weighted by atomic mass is 32.2. The topological polar surface area (TPSA) is 121 Å². The monoisotopic (exact) mass is 525 g/mol. The van der Waals surface area contributed by atoms with Crippen molar-refractivity contribution in [2.24, 2.45) is 4.99 Å². The van der Waals surface area contributed by atoms with Gasteiger partial charge in [-0.15, -0.1) is 0 Å². The lowest BCUT2D eigenvalue weighted by molar-refractivity contribution is -0.143. The second-order valence-corrected chi connectivity index (χ2v) is 11.0. The highest BCUT2D eigenvalue weighted by Crippen LogP contribution is 2.51. The molecule has 0 bridgehead atoms. The Labute approximate surface area is 186 Å². The van der Waals surface area contributed by atoms with Crippen molar-refractivity contribution in [2.45, 2.75) is 56.3 Å². The van der Waals surface area contributed by atoms with Crippen LogP contribution in [0.4, 0.5) is 32.0 Å². The Kier molecular flexibility index (Phi) is 7.93. The van der Waals surface area contributed by atoms with Gasteiger partial charge in [-0.2, -0.15) is 43.2 Å². The number of aliphatic imine (C=N–C) groups is 1. The van der Waals surface area contributed by atoms with E-state index in [1.807, 2.05) is 0 Å². The Morgan fingerprint density at radius 2 is 1.27 bits per heavy atom. The average molecular weight is 525 g/mol. The molecule has 0 amide bonds. The molecule has 0 unspecified atom stereocenters. The van der Waals surface area contributed by atoms with Crippen LogP contribution in [0.5, 0.6) is 0 Å². The molecule has 1 aliphatic heterocycles. The first-order chi connectivity index (χ1) is 14.8. The number of halogens is 6. The number of hydrogen-bond donors (Lipinski definition) is 2. The van der Waals surface area contributed by atoms with E-state index in [9.17, 15) is 43.2 Å². The fraction of sp³-hybridized carbons (Fsp3) is 0.611. The standard InChI is InChI=1S/C18H21F6NO6S2/c19-17(20,21)12-9-13(18(22,23)24)15-14(10-12)25-11-16(15,5-1-3-7-32(26,27)28)6-2-4-8-33(29,30)31/h9-11H,1-8H2,(H,26,27,28)(H,29,30,31). The molecule has 0 aromatic heterocycles. The third-order valence-electron chi connectivity index (χ3n) is 5.25. The first-order valence-corrected chi connectivity index (χ1v) is 12.8. The molecule has 0 saturated carbocycles. The van der Waals surface area contributed by atoms with Gasteiger partial charge in [-0.25, -0.2) is 0 Å². The largest absolute Gasteiger partial charge is 0.416 e. The second-order valence-electron chi connectivity index (χ2n) is 7.81. The zero-order valence-corrected chi connectivity index (χ0v) is 18.6. The Morgan fingerprint density at radius 1 is 0.788 bits per heavy atom. The van der Waals surface area contributed by atoms with Crippen molar-refractivity contribution in [2.75, 3.05) is 11.5 Å². The van der Waals surface area contributed by atoms with Gasteiger partial charge in [0.05, 0.1) is 28.3 Å². The molecule has 1 aromatic rings. The zero-order valence-electron chi connectivity index (χ0n) is 16.9. The van der Waals surface area contributed by atoms with Crippen molar-refractivity contribution < 1.29 is 52.3 Å². The summed E-state index contributed by atoms with van der Waals surface area (Å²) >= 11 is 0. The summed E-state index contributed by atoms with van der Waals surface area (Å²) in [6, 6.07) is 0.498. The van der Waals surface area contributed by atoms with Crippen LogP contribution in [-0.2, 0) is 38.0 Å². The highest BCUT2D eigenvalue weighted by molar-refractivity contribution is 7.86. The predicted molar refractivity (Wildman–Crippen MR) is 107 cm³/mol. The van der Waals surface area contributed by atoms with Crippen molar-refractivity contribution in [1.82, 2.24) is 0 Å². The molecule has 7 nitrogen and oxygen atoms in total. The van der Waals surface area contributed by atoms with Crippen LogP contribution in [0.25, 0.3) is 0 Å². The molecular weight excluding hydrogens is 504 g/mol. The van der Waals surface area contributed by atoms with Crippen LogP contribution in [0.3, 0.4) is 0 Å². The van der Waals surface area contributed by atoms with Gasteiger partial charge in [0.2, 0.25) is 0 Å². The first-order valence-electron chi connectivity index (χ1n) is 9.63. The van der Waals surface area contributed by atoms with Crippen molar-refractivity contribution in [1.29, 1.82) is 0 Å². The molecule has 33 heavy (non-hydrogen) atoms. The Balaban J connectivity index is 2.48. The van der Waals surface area contributed by atoms with E-state index in [0.29, 0.717) is 6.07 Å². The normalized spacial score (nSPS) is 16.2. The third-order valence-corrected chi connectivity index (χ3v) is 6.86. The molecule has 0 radical (unpaired) electrons. The van der Waals surface area contributed by atoms with Gasteiger partial charge in [0.15, 0.2) is 0 Å². The van der Waals surface area contributed by atoms with Gasteiger partial charge in [0, 0.05) is 17.2 Å². The number of alkyl halides is 6. The van der Waals surface area contributed by atoms with E-state index >= 15 is 0 Å². The van der Waals surface area contributed by atoms with Crippen LogP contribution in [0.15, 0.2) is 17.1 Å². The van der Waals surface area contributed by atoms with E-state index in [1.54, 1.807) is 0 Å². The molecule has 1 aliphatic rings. The van der Waals surface area contributed by atoms with Crippen LogP contribution >= 0.6 is 0 Å². The van der Waals surface area contributed by atoms with Crippen LogP contribution in [0.1, 0.15) is 55.2 Å². The number of hydrogen-bond acceptors (Lipinski definition) is 5. The minimum absolute atomic E-state index is 0.00136. The summed E-state index contributed by atoms with van der Waals surface area (Å²) in [5.74, 6) is -1.32. The van der Waals surface area contributed by atoms with Gasteiger partial charge in [0.25, 0.3) is 20.2 Å². The molecule has 0 spiro atoms. The van der Waals surface area contributed by atoms with E-state index in [-0.39, 0.29) is 44.6 Å². The Bertz CT molecular complexity index is 1070. The number of rotatable bonds is 10. The lowest BCUT2D eigenvalue weighted by atomic mass is 9.72. The number of fused-ring (bicyclic) bond motifs is 1. The maximum Gasteiger partial charge on any atom is 0.416 e. The molecule has 2 rings (SSSR count). The summed E-state index contributed by atoms with van der Waals surface area (Å²) in [5.41, 5.74) is -5.62. The fourth-order valence-corrected chi connectivity index (χ4v) is 4.99. The SMILES string of the molecule is O=S(=O)(O)CCCCC1(CCCCS(=O)(=O)O)C=Nc2cc(C(F)(F)F)cc(C(F)(F)F)c21. The zero-order chi connectivity index (χ0) is 25.3. The van der Waals surface area contributed by atoms with Crippen molar-refractivity contribution in [3.8, 4) is 0 Å². The molecule has 0 atom stereocenters. The van der Waals surface area contributed by atoms with Gasteiger partial charge in [-0.3, -0.25) is 14.1 Å². The molecule has 2 N–H and O–H groups in total. The van der Waals surface area contributed by atoms with Gasteiger partial charge in [0.1, 0.15) is 0 Å². The van der Waals surface area contributed by atoms with Crippen LogP contribution in [0.2, 0.25) is 0 Å². The summed E-state index contributed by atoms with van der Waals surface area (Å²) in [6.07, 6.45) is -9.70. The molecule has 1 heterocycles. The maximum atomic E-state index is 13.8. The van der Waals surface area contributed by atoms with E-state index in [0.717, 1.165) is 6.21 Å². The van der Waals surface area contributed by atoms with E-state index < -0.39 is 71.9 Å².